The van der Waals surface area contributed by atoms with Gasteiger partial charge in [-0.2, -0.15) is 13.2 Å². The fraction of sp³-hybridized carbons (Fsp3) is 0.167. The van der Waals surface area contributed by atoms with Crippen LogP contribution in [0.1, 0.15) is 5.56 Å². The second-order valence-electron chi connectivity index (χ2n) is 2.10. The first kappa shape index (κ1) is 12.5. The van der Waals surface area contributed by atoms with Crippen molar-refractivity contribution in [2.24, 2.45) is 0 Å². The summed E-state index contributed by atoms with van der Waals surface area (Å²) in [5, 5.41) is -0.586. The van der Waals surface area contributed by atoms with Gasteiger partial charge < -0.3 is 5.73 Å². The van der Waals surface area contributed by atoms with Crippen LogP contribution in [0, 0.1) is 0 Å². The fourth-order valence-corrected chi connectivity index (χ4v) is 0.874. The topological polar surface area (TPSA) is 38.9 Å². The zero-order chi connectivity index (χ0) is 9.35. The number of aromatic nitrogens is 1. The summed E-state index contributed by atoms with van der Waals surface area (Å²) in [6.45, 7) is 0. The van der Waals surface area contributed by atoms with Crippen LogP contribution in [0.2, 0.25) is 5.15 Å². The SMILES string of the molecule is Nc1cnc(Cl)c(C(F)(F)F)c1.[Fe]. The minimum atomic E-state index is -4.50. The molecule has 1 aromatic heterocycles. The van der Waals surface area contributed by atoms with Gasteiger partial charge in [-0.25, -0.2) is 4.98 Å². The number of nitrogen functional groups attached to an aromatic ring is 1. The van der Waals surface area contributed by atoms with Crippen LogP contribution < -0.4 is 5.73 Å². The van der Waals surface area contributed by atoms with Crippen molar-refractivity contribution < 1.29 is 30.2 Å². The quantitative estimate of drug-likeness (QED) is 0.568. The Bertz CT molecular complexity index is 302. The average Bonchev–Trinajstić information content (AvgIpc) is 1.92. The molecule has 0 fully saturated rings. The second-order valence-corrected chi connectivity index (χ2v) is 2.46. The van der Waals surface area contributed by atoms with Gasteiger partial charge in [0.25, 0.3) is 0 Å². The van der Waals surface area contributed by atoms with Crippen LogP contribution in [0.25, 0.3) is 0 Å². The van der Waals surface area contributed by atoms with Crippen LogP contribution in [0.5, 0.6) is 0 Å². The number of hydrogen-bond donors (Lipinski definition) is 1. The number of halogens is 4. The van der Waals surface area contributed by atoms with Gasteiger partial charge in [-0.1, -0.05) is 11.6 Å². The summed E-state index contributed by atoms with van der Waals surface area (Å²) < 4.78 is 36.1. The predicted molar refractivity (Wildman–Crippen MR) is 38.7 cm³/mol. The van der Waals surface area contributed by atoms with E-state index >= 15 is 0 Å². The third-order valence-corrected chi connectivity index (χ3v) is 1.47. The van der Waals surface area contributed by atoms with E-state index in [0.29, 0.717) is 0 Å². The summed E-state index contributed by atoms with van der Waals surface area (Å²) in [5.41, 5.74) is 4.03. The van der Waals surface area contributed by atoms with Gasteiger partial charge in [0, 0.05) is 17.1 Å². The normalized spacial score (nSPS) is 10.8. The molecule has 0 amide bonds. The fourth-order valence-electron chi connectivity index (χ4n) is 0.663. The molecule has 0 spiro atoms. The predicted octanol–water partition coefficient (Wildman–Crippen LogP) is 2.33. The van der Waals surface area contributed by atoms with Gasteiger partial charge >= 0.3 is 6.18 Å². The van der Waals surface area contributed by atoms with Crippen molar-refractivity contribution in [2.75, 3.05) is 5.73 Å². The summed E-state index contributed by atoms with van der Waals surface area (Å²) in [4.78, 5) is 3.27. The van der Waals surface area contributed by atoms with Crippen LogP contribution >= 0.6 is 11.6 Å². The molecule has 2 N–H and O–H groups in total. The molecular weight excluding hydrogens is 248 g/mol. The minimum Gasteiger partial charge on any atom is -0.397 e. The first-order chi connectivity index (χ1) is 5.41. The smallest absolute Gasteiger partial charge is 0.397 e. The number of rotatable bonds is 0. The molecule has 1 heterocycles. The number of anilines is 1. The van der Waals surface area contributed by atoms with Gasteiger partial charge in [-0.3, -0.25) is 0 Å². The Kier molecular flexibility index (Phi) is 4.03. The Morgan fingerprint density at radius 3 is 2.31 bits per heavy atom. The van der Waals surface area contributed by atoms with Crippen LogP contribution in [-0.4, -0.2) is 4.98 Å². The maximum Gasteiger partial charge on any atom is 0.419 e. The Labute approximate surface area is 87.8 Å². The first-order valence-corrected chi connectivity index (χ1v) is 3.27. The van der Waals surface area contributed by atoms with E-state index in [-0.39, 0.29) is 22.8 Å². The Morgan fingerprint density at radius 2 is 1.92 bits per heavy atom. The van der Waals surface area contributed by atoms with Crippen molar-refractivity contribution in [3.8, 4) is 0 Å². The van der Waals surface area contributed by atoms with E-state index in [4.69, 9.17) is 17.3 Å². The third-order valence-electron chi connectivity index (χ3n) is 1.17. The number of nitrogens with two attached hydrogens (primary N) is 1. The van der Waals surface area contributed by atoms with E-state index in [9.17, 15) is 13.2 Å². The monoisotopic (exact) mass is 252 g/mol. The van der Waals surface area contributed by atoms with E-state index in [1.54, 1.807) is 0 Å². The molecule has 13 heavy (non-hydrogen) atoms. The molecule has 0 bridgehead atoms. The molecule has 0 saturated carbocycles. The van der Waals surface area contributed by atoms with Crippen molar-refractivity contribution in [3.63, 3.8) is 0 Å². The van der Waals surface area contributed by atoms with Crippen molar-refractivity contribution in [2.45, 2.75) is 6.18 Å². The van der Waals surface area contributed by atoms with E-state index in [1.807, 2.05) is 0 Å². The first-order valence-electron chi connectivity index (χ1n) is 2.89. The molecule has 0 aliphatic heterocycles. The van der Waals surface area contributed by atoms with E-state index in [2.05, 4.69) is 4.98 Å². The molecule has 0 aliphatic carbocycles. The van der Waals surface area contributed by atoms with Gasteiger partial charge in [-0.05, 0) is 6.07 Å². The van der Waals surface area contributed by atoms with Crippen LogP contribution in [0.3, 0.4) is 0 Å². The van der Waals surface area contributed by atoms with Crippen molar-refractivity contribution in [1.82, 2.24) is 4.98 Å². The Hall–Kier alpha value is -0.451. The molecule has 1 rings (SSSR count). The molecule has 7 heteroatoms. The van der Waals surface area contributed by atoms with Crippen LogP contribution in [-0.2, 0) is 23.2 Å². The Morgan fingerprint density at radius 1 is 1.38 bits per heavy atom. The zero-order valence-electron chi connectivity index (χ0n) is 6.04. The molecule has 0 unspecified atom stereocenters. The van der Waals surface area contributed by atoms with Gasteiger partial charge in [0.2, 0.25) is 0 Å². The average molecular weight is 252 g/mol. The third kappa shape index (κ3) is 3.06. The van der Waals surface area contributed by atoms with Gasteiger partial charge in [0.05, 0.1) is 17.4 Å². The number of pyridine rings is 1. The largest absolute Gasteiger partial charge is 0.419 e. The van der Waals surface area contributed by atoms with Crippen molar-refractivity contribution in [1.29, 1.82) is 0 Å². The molecule has 2 nitrogen and oxygen atoms in total. The van der Waals surface area contributed by atoms with E-state index in [0.717, 1.165) is 12.3 Å². The van der Waals surface area contributed by atoms with Gasteiger partial charge in [0.15, 0.2) is 0 Å². The molecule has 0 atom stereocenters. The maximum atomic E-state index is 12.0. The number of alkyl halides is 3. The summed E-state index contributed by atoms with van der Waals surface area (Å²) >= 11 is 5.19. The van der Waals surface area contributed by atoms with E-state index < -0.39 is 16.9 Å². The Balaban J connectivity index is 0.00000144. The van der Waals surface area contributed by atoms with Crippen LogP contribution in [0.15, 0.2) is 12.3 Å². The van der Waals surface area contributed by atoms with E-state index in [1.165, 1.54) is 0 Å². The molecule has 0 saturated heterocycles. The molecule has 0 aromatic carbocycles. The van der Waals surface area contributed by atoms with Crippen LogP contribution in [0.4, 0.5) is 18.9 Å². The van der Waals surface area contributed by atoms with Crippen molar-refractivity contribution in [3.05, 3.63) is 23.0 Å². The molecule has 0 radical (unpaired) electrons. The molecule has 0 aliphatic rings. The summed E-state index contributed by atoms with van der Waals surface area (Å²) in [5.74, 6) is 0. The molecular formula is C6H4ClF3FeN2. The molecule has 1 aromatic rings. The maximum absolute atomic E-state index is 12.0. The van der Waals surface area contributed by atoms with Gasteiger partial charge in [0.1, 0.15) is 5.15 Å². The second kappa shape index (κ2) is 4.17. The standard InChI is InChI=1S/C6H4ClF3N2.Fe/c7-5-4(6(8,9)10)1-3(11)2-12-5;/h1-2H,11H2;. The van der Waals surface area contributed by atoms with Gasteiger partial charge in [-0.15, -0.1) is 0 Å². The number of hydrogen-bond acceptors (Lipinski definition) is 2. The zero-order valence-corrected chi connectivity index (χ0v) is 7.90. The van der Waals surface area contributed by atoms with Crippen molar-refractivity contribution >= 4 is 17.3 Å². The summed E-state index contributed by atoms with van der Waals surface area (Å²) in [6, 6.07) is 0.745. The summed E-state index contributed by atoms with van der Waals surface area (Å²) in [7, 11) is 0. The number of nitrogens with zero attached hydrogens (tertiary/aromatic N) is 1. The molecule has 74 valence electrons. The minimum absolute atomic E-state index is 0. The summed E-state index contributed by atoms with van der Waals surface area (Å²) in [6.07, 6.45) is -3.43.